The lowest BCUT2D eigenvalue weighted by Gasteiger charge is -2.06. The van der Waals surface area contributed by atoms with Crippen LogP contribution >= 0.6 is 11.3 Å². The third kappa shape index (κ3) is 3.57. The number of benzene rings is 2. The van der Waals surface area contributed by atoms with Crippen LogP contribution in [0.25, 0.3) is 10.6 Å². The van der Waals surface area contributed by atoms with Gasteiger partial charge in [0.1, 0.15) is 10.8 Å². The van der Waals surface area contributed by atoms with E-state index in [-0.39, 0.29) is 17.2 Å². The smallest absolute Gasteiger partial charge is 0.255 e. The van der Waals surface area contributed by atoms with Crippen molar-refractivity contribution < 1.29 is 9.90 Å². The zero-order chi connectivity index (χ0) is 16.2. The first-order valence-corrected chi connectivity index (χ1v) is 8.09. The second-order valence-corrected chi connectivity index (χ2v) is 6.07. The fraction of sp³-hybridized carbons (Fsp3) is 0.111. The second-order valence-electron chi connectivity index (χ2n) is 5.21. The predicted octanol–water partition coefficient (Wildman–Crippen LogP) is 3.75. The number of nitrogens with one attached hydrogen (secondary N) is 1. The molecular weight excluding hydrogens is 308 g/mol. The first-order chi connectivity index (χ1) is 11.1. The molecule has 0 spiro atoms. The molecular formula is C18H16N2O2S. The first-order valence-electron chi connectivity index (χ1n) is 7.21. The number of carbonyl (C=O) groups excluding carboxylic acids is 1. The lowest BCUT2D eigenvalue weighted by Crippen LogP contribution is -2.23. The Morgan fingerprint density at radius 1 is 1.22 bits per heavy atom. The highest BCUT2D eigenvalue weighted by Crippen LogP contribution is 2.23. The number of aryl methyl sites for hydroxylation is 1. The van der Waals surface area contributed by atoms with Gasteiger partial charge in [-0.2, -0.15) is 0 Å². The Labute approximate surface area is 138 Å². The van der Waals surface area contributed by atoms with Crippen molar-refractivity contribution in [1.29, 1.82) is 0 Å². The van der Waals surface area contributed by atoms with Crippen LogP contribution in [0.2, 0.25) is 0 Å². The molecule has 4 nitrogen and oxygen atoms in total. The van der Waals surface area contributed by atoms with Crippen molar-refractivity contribution in [2.75, 3.05) is 0 Å². The maximum Gasteiger partial charge on any atom is 0.255 e. The summed E-state index contributed by atoms with van der Waals surface area (Å²) < 4.78 is 0. The normalized spacial score (nSPS) is 10.5. The third-order valence-corrected chi connectivity index (χ3v) is 4.34. The molecule has 2 aromatic carbocycles. The van der Waals surface area contributed by atoms with Crippen molar-refractivity contribution in [3.63, 3.8) is 0 Å². The van der Waals surface area contributed by atoms with E-state index < -0.39 is 0 Å². The number of hydrogen-bond acceptors (Lipinski definition) is 4. The Bertz CT molecular complexity index is 828. The molecule has 1 heterocycles. The first kappa shape index (κ1) is 15.2. The van der Waals surface area contributed by atoms with E-state index in [0.717, 1.165) is 21.8 Å². The average molecular weight is 324 g/mol. The van der Waals surface area contributed by atoms with Gasteiger partial charge in [-0.1, -0.05) is 42.0 Å². The number of amides is 1. The fourth-order valence-electron chi connectivity index (χ4n) is 2.20. The van der Waals surface area contributed by atoms with E-state index in [9.17, 15) is 9.90 Å². The van der Waals surface area contributed by atoms with Gasteiger partial charge in [-0.25, -0.2) is 4.98 Å². The van der Waals surface area contributed by atoms with Crippen molar-refractivity contribution in [1.82, 2.24) is 10.3 Å². The van der Waals surface area contributed by atoms with Gasteiger partial charge in [0.15, 0.2) is 0 Å². The summed E-state index contributed by atoms with van der Waals surface area (Å²) in [6, 6.07) is 14.9. The molecule has 1 aromatic heterocycles. The Kier molecular flexibility index (Phi) is 4.39. The van der Waals surface area contributed by atoms with E-state index in [4.69, 9.17) is 0 Å². The number of rotatable bonds is 4. The molecule has 1 amide bonds. The van der Waals surface area contributed by atoms with Gasteiger partial charge in [-0.3, -0.25) is 4.79 Å². The van der Waals surface area contributed by atoms with Crippen LogP contribution in [0.4, 0.5) is 0 Å². The molecule has 23 heavy (non-hydrogen) atoms. The molecule has 3 rings (SSSR count). The van der Waals surface area contributed by atoms with E-state index >= 15 is 0 Å². The highest BCUT2D eigenvalue weighted by Gasteiger charge is 2.12. The summed E-state index contributed by atoms with van der Waals surface area (Å²) in [7, 11) is 0. The molecule has 5 heteroatoms. The standard InChI is InChI=1S/C18H16N2O2S/c1-12-7-8-16(21)15(9-12)17(22)19-10-14-11-23-18(20-14)13-5-3-2-4-6-13/h2-9,11,21H,10H2,1H3,(H,19,22). The zero-order valence-electron chi connectivity index (χ0n) is 12.6. The lowest BCUT2D eigenvalue weighted by molar-refractivity contribution is 0.0947. The maximum atomic E-state index is 12.2. The van der Waals surface area contributed by atoms with E-state index in [2.05, 4.69) is 10.3 Å². The SMILES string of the molecule is Cc1ccc(O)c(C(=O)NCc2csc(-c3ccccc3)n2)c1. The number of thiazole rings is 1. The van der Waals surface area contributed by atoms with Gasteiger partial charge in [-0.15, -0.1) is 11.3 Å². The second kappa shape index (κ2) is 6.62. The summed E-state index contributed by atoms with van der Waals surface area (Å²) in [6.45, 7) is 2.21. The molecule has 0 aliphatic carbocycles. The minimum atomic E-state index is -0.305. The minimum absolute atomic E-state index is 0.0173. The van der Waals surface area contributed by atoms with Gasteiger partial charge in [-0.05, 0) is 19.1 Å². The molecule has 0 atom stereocenters. The summed E-state index contributed by atoms with van der Waals surface area (Å²) in [5, 5.41) is 15.4. The van der Waals surface area contributed by atoms with Gasteiger partial charge < -0.3 is 10.4 Å². The topological polar surface area (TPSA) is 62.2 Å². The molecule has 0 aliphatic heterocycles. The summed E-state index contributed by atoms with van der Waals surface area (Å²) in [6.07, 6.45) is 0. The minimum Gasteiger partial charge on any atom is -0.507 e. The van der Waals surface area contributed by atoms with Crippen molar-refractivity contribution in [3.8, 4) is 16.3 Å². The number of aromatic nitrogens is 1. The fourth-order valence-corrected chi connectivity index (χ4v) is 3.03. The number of carbonyl (C=O) groups is 1. The van der Waals surface area contributed by atoms with Gasteiger partial charge >= 0.3 is 0 Å². The largest absolute Gasteiger partial charge is 0.507 e. The summed E-state index contributed by atoms with van der Waals surface area (Å²) in [5.41, 5.74) is 3.07. The van der Waals surface area contributed by atoms with Crippen LogP contribution in [0.15, 0.2) is 53.9 Å². The van der Waals surface area contributed by atoms with Crippen LogP contribution in [-0.4, -0.2) is 16.0 Å². The Balaban J connectivity index is 1.68. The number of hydrogen-bond donors (Lipinski definition) is 2. The van der Waals surface area contributed by atoms with Crippen molar-refractivity contribution >= 4 is 17.2 Å². The van der Waals surface area contributed by atoms with Gasteiger partial charge in [0.05, 0.1) is 17.8 Å². The van der Waals surface area contributed by atoms with Gasteiger partial charge in [0, 0.05) is 10.9 Å². The van der Waals surface area contributed by atoms with E-state index in [0.29, 0.717) is 6.54 Å². The number of aromatic hydroxyl groups is 1. The van der Waals surface area contributed by atoms with Crippen LogP contribution in [0.3, 0.4) is 0 Å². The Morgan fingerprint density at radius 3 is 2.78 bits per heavy atom. The lowest BCUT2D eigenvalue weighted by atomic mass is 10.1. The highest BCUT2D eigenvalue weighted by molar-refractivity contribution is 7.13. The number of nitrogens with zero attached hydrogens (tertiary/aromatic N) is 1. The molecule has 0 aliphatic rings. The molecule has 0 saturated heterocycles. The van der Waals surface area contributed by atoms with Crippen LogP contribution in [0, 0.1) is 6.92 Å². The monoisotopic (exact) mass is 324 g/mol. The molecule has 0 saturated carbocycles. The highest BCUT2D eigenvalue weighted by atomic mass is 32.1. The molecule has 0 bridgehead atoms. The number of phenolic OH excluding ortho intramolecular Hbond substituents is 1. The summed E-state index contributed by atoms with van der Waals surface area (Å²) in [4.78, 5) is 16.7. The van der Waals surface area contributed by atoms with E-state index in [1.807, 2.05) is 42.6 Å². The molecule has 0 unspecified atom stereocenters. The van der Waals surface area contributed by atoms with Gasteiger partial charge in [0.25, 0.3) is 5.91 Å². The van der Waals surface area contributed by atoms with Crippen molar-refractivity contribution in [2.45, 2.75) is 13.5 Å². The molecule has 2 N–H and O–H groups in total. The van der Waals surface area contributed by atoms with Crippen LogP contribution < -0.4 is 5.32 Å². The predicted molar refractivity (Wildman–Crippen MR) is 91.6 cm³/mol. The molecule has 116 valence electrons. The summed E-state index contributed by atoms with van der Waals surface area (Å²) in [5.74, 6) is -0.322. The van der Waals surface area contributed by atoms with Crippen LogP contribution in [-0.2, 0) is 6.54 Å². The Morgan fingerprint density at radius 2 is 2.00 bits per heavy atom. The van der Waals surface area contributed by atoms with Crippen molar-refractivity contribution in [2.24, 2.45) is 0 Å². The third-order valence-electron chi connectivity index (χ3n) is 3.40. The molecule has 3 aromatic rings. The van der Waals surface area contributed by atoms with E-state index in [1.165, 1.54) is 6.07 Å². The number of phenols is 1. The molecule has 0 radical (unpaired) electrons. The van der Waals surface area contributed by atoms with E-state index in [1.54, 1.807) is 23.5 Å². The maximum absolute atomic E-state index is 12.2. The Hall–Kier alpha value is -2.66. The van der Waals surface area contributed by atoms with Crippen molar-refractivity contribution in [3.05, 3.63) is 70.7 Å². The van der Waals surface area contributed by atoms with Crippen LogP contribution in [0.1, 0.15) is 21.6 Å². The molecule has 0 fully saturated rings. The zero-order valence-corrected chi connectivity index (χ0v) is 13.4. The van der Waals surface area contributed by atoms with Gasteiger partial charge in [0.2, 0.25) is 0 Å². The summed E-state index contributed by atoms with van der Waals surface area (Å²) >= 11 is 1.54. The van der Waals surface area contributed by atoms with Crippen LogP contribution in [0.5, 0.6) is 5.75 Å². The average Bonchev–Trinajstić information content (AvgIpc) is 3.05. The quantitative estimate of drug-likeness (QED) is 0.768.